The smallest absolute Gasteiger partial charge is 0.119 e. The van der Waals surface area contributed by atoms with Crippen LogP contribution in [0.15, 0.2) is 18.2 Å². The van der Waals surface area contributed by atoms with Gasteiger partial charge in [0.05, 0.1) is 6.61 Å². The van der Waals surface area contributed by atoms with Crippen molar-refractivity contribution in [1.82, 2.24) is 5.32 Å². The topological polar surface area (TPSA) is 30.5 Å². The third kappa shape index (κ3) is 4.68. The summed E-state index contributed by atoms with van der Waals surface area (Å²) in [4.78, 5) is 0. The lowest BCUT2D eigenvalue weighted by molar-refractivity contribution is 0.185. The molecule has 0 aliphatic carbocycles. The molecule has 1 fully saturated rings. The van der Waals surface area contributed by atoms with Crippen LogP contribution in [0.2, 0.25) is 5.02 Å². The van der Waals surface area contributed by atoms with Crippen LogP contribution >= 0.6 is 11.6 Å². The van der Waals surface area contributed by atoms with Gasteiger partial charge >= 0.3 is 0 Å². The first-order valence-electron chi connectivity index (χ1n) is 6.99. The molecule has 4 heteroatoms. The van der Waals surface area contributed by atoms with Crippen molar-refractivity contribution in [3.8, 4) is 5.75 Å². The Morgan fingerprint density at radius 1 is 1.47 bits per heavy atom. The van der Waals surface area contributed by atoms with Gasteiger partial charge in [-0.15, -0.1) is 0 Å². The number of hydrogen-bond acceptors (Lipinski definition) is 3. The highest BCUT2D eigenvalue weighted by molar-refractivity contribution is 6.31. The van der Waals surface area contributed by atoms with Crippen LogP contribution in [0, 0.1) is 5.92 Å². The van der Waals surface area contributed by atoms with Gasteiger partial charge in [0.2, 0.25) is 0 Å². The van der Waals surface area contributed by atoms with Crippen molar-refractivity contribution in [3.05, 3.63) is 28.8 Å². The molecule has 0 spiro atoms. The van der Waals surface area contributed by atoms with E-state index in [9.17, 15) is 0 Å². The van der Waals surface area contributed by atoms with E-state index in [4.69, 9.17) is 21.1 Å². The van der Waals surface area contributed by atoms with E-state index in [0.717, 1.165) is 49.1 Å². The Hall–Kier alpha value is -0.770. The summed E-state index contributed by atoms with van der Waals surface area (Å²) >= 11 is 6.07. The predicted octanol–water partition coefficient (Wildman–Crippen LogP) is 2.91. The standard InChI is InChI=1S/C15H22ClNO2/c1-2-13-9-14(3-4-15(13)16)19-8-6-17-10-12-5-7-18-11-12/h3-4,9,12,17H,2,5-8,10-11H2,1H3. The molecule has 1 saturated heterocycles. The minimum Gasteiger partial charge on any atom is -0.492 e. The van der Waals surface area contributed by atoms with Gasteiger partial charge in [-0.1, -0.05) is 18.5 Å². The monoisotopic (exact) mass is 283 g/mol. The Morgan fingerprint density at radius 3 is 3.11 bits per heavy atom. The third-order valence-electron chi connectivity index (χ3n) is 3.40. The zero-order chi connectivity index (χ0) is 13.5. The molecule has 0 radical (unpaired) electrons. The molecule has 0 bridgehead atoms. The number of aryl methyl sites for hydroxylation is 1. The molecule has 1 unspecified atom stereocenters. The van der Waals surface area contributed by atoms with E-state index in [1.807, 2.05) is 18.2 Å². The zero-order valence-corrected chi connectivity index (χ0v) is 12.2. The number of ether oxygens (including phenoxy) is 2. The fraction of sp³-hybridized carbons (Fsp3) is 0.600. The molecule has 0 aromatic heterocycles. The number of hydrogen-bond donors (Lipinski definition) is 1. The maximum Gasteiger partial charge on any atom is 0.119 e. The summed E-state index contributed by atoms with van der Waals surface area (Å²) in [5.74, 6) is 1.56. The zero-order valence-electron chi connectivity index (χ0n) is 11.5. The molecule has 106 valence electrons. The second kappa shape index (κ2) is 7.73. The van der Waals surface area contributed by atoms with E-state index in [1.54, 1.807) is 0 Å². The Kier molecular flexibility index (Phi) is 5.95. The quantitative estimate of drug-likeness (QED) is 0.781. The van der Waals surface area contributed by atoms with E-state index in [-0.39, 0.29) is 0 Å². The summed E-state index contributed by atoms with van der Waals surface area (Å²) in [6, 6.07) is 5.85. The Morgan fingerprint density at radius 2 is 2.37 bits per heavy atom. The third-order valence-corrected chi connectivity index (χ3v) is 3.77. The van der Waals surface area contributed by atoms with Gasteiger partial charge in [0, 0.05) is 24.7 Å². The van der Waals surface area contributed by atoms with E-state index in [0.29, 0.717) is 12.5 Å². The van der Waals surface area contributed by atoms with Crippen LogP contribution < -0.4 is 10.1 Å². The summed E-state index contributed by atoms with van der Waals surface area (Å²) in [6.45, 7) is 6.46. The molecule has 0 saturated carbocycles. The molecular formula is C15H22ClNO2. The van der Waals surface area contributed by atoms with Crippen molar-refractivity contribution in [2.45, 2.75) is 19.8 Å². The van der Waals surface area contributed by atoms with Gasteiger partial charge in [-0.25, -0.2) is 0 Å². The molecule has 1 atom stereocenters. The van der Waals surface area contributed by atoms with Gasteiger partial charge < -0.3 is 14.8 Å². The second-order valence-corrected chi connectivity index (χ2v) is 5.30. The first-order valence-corrected chi connectivity index (χ1v) is 7.37. The van der Waals surface area contributed by atoms with Crippen LogP contribution in [-0.2, 0) is 11.2 Å². The average molecular weight is 284 g/mol. The summed E-state index contributed by atoms with van der Waals surface area (Å²) < 4.78 is 11.1. The van der Waals surface area contributed by atoms with Gasteiger partial charge in [0.15, 0.2) is 0 Å². The summed E-state index contributed by atoms with van der Waals surface area (Å²) in [5, 5.41) is 4.22. The molecule has 0 amide bonds. The van der Waals surface area contributed by atoms with Gasteiger partial charge in [0.25, 0.3) is 0 Å². The molecule has 1 aliphatic heterocycles. The second-order valence-electron chi connectivity index (χ2n) is 4.89. The summed E-state index contributed by atoms with van der Waals surface area (Å²) in [7, 11) is 0. The largest absolute Gasteiger partial charge is 0.492 e. The van der Waals surface area contributed by atoms with Crippen molar-refractivity contribution in [3.63, 3.8) is 0 Å². The van der Waals surface area contributed by atoms with Crippen molar-refractivity contribution < 1.29 is 9.47 Å². The molecule has 3 nitrogen and oxygen atoms in total. The Bertz CT molecular complexity index is 392. The van der Waals surface area contributed by atoms with Gasteiger partial charge in [-0.3, -0.25) is 0 Å². The molecule has 1 aromatic carbocycles. The highest BCUT2D eigenvalue weighted by Gasteiger charge is 2.14. The molecule has 2 rings (SSSR count). The van der Waals surface area contributed by atoms with Gasteiger partial charge in [0.1, 0.15) is 12.4 Å². The highest BCUT2D eigenvalue weighted by atomic mass is 35.5. The summed E-state index contributed by atoms with van der Waals surface area (Å²) in [6.07, 6.45) is 2.10. The van der Waals surface area contributed by atoms with E-state index >= 15 is 0 Å². The average Bonchev–Trinajstić information content (AvgIpc) is 2.93. The Balaban J connectivity index is 1.64. The minimum atomic E-state index is 0.669. The van der Waals surface area contributed by atoms with Crippen LogP contribution in [0.1, 0.15) is 18.9 Å². The van der Waals surface area contributed by atoms with Crippen molar-refractivity contribution >= 4 is 11.6 Å². The van der Waals surface area contributed by atoms with Crippen LogP contribution in [0.3, 0.4) is 0 Å². The van der Waals surface area contributed by atoms with Crippen LogP contribution in [0.4, 0.5) is 0 Å². The Labute approximate surface area is 120 Å². The first-order chi connectivity index (χ1) is 9.29. The lowest BCUT2D eigenvalue weighted by Crippen LogP contribution is -2.27. The minimum absolute atomic E-state index is 0.669. The van der Waals surface area contributed by atoms with Gasteiger partial charge in [-0.2, -0.15) is 0 Å². The van der Waals surface area contributed by atoms with Crippen molar-refractivity contribution in [1.29, 1.82) is 0 Å². The van der Waals surface area contributed by atoms with Crippen LogP contribution in [-0.4, -0.2) is 32.9 Å². The maximum absolute atomic E-state index is 6.07. The van der Waals surface area contributed by atoms with Crippen molar-refractivity contribution in [2.24, 2.45) is 5.92 Å². The SMILES string of the molecule is CCc1cc(OCCNCC2CCOC2)ccc1Cl. The lowest BCUT2D eigenvalue weighted by atomic mass is 10.1. The van der Waals surface area contributed by atoms with Crippen LogP contribution in [0.25, 0.3) is 0 Å². The molecule has 1 aromatic rings. The van der Waals surface area contributed by atoms with E-state index in [2.05, 4.69) is 12.2 Å². The predicted molar refractivity (Wildman–Crippen MR) is 78.1 cm³/mol. The number of halogens is 1. The van der Waals surface area contributed by atoms with Crippen LogP contribution in [0.5, 0.6) is 5.75 Å². The van der Waals surface area contributed by atoms with E-state index < -0.39 is 0 Å². The first kappa shape index (κ1) is 14.6. The molecule has 1 heterocycles. The highest BCUT2D eigenvalue weighted by Crippen LogP contribution is 2.22. The fourth-order valence-corrected chi connectivity index (χ4v) is 2.45. The number of rotatable bonds is 7. The molecular weight excluding hydrogens is 262 g/mol. The van der Waals surface area contributed by atoms with Crippen molar-refractivity contribution in [2.75, 3.05) is 32.9 Å². The summed E-state index contributed by atoms with van der Waals surface area (Å²) in [5.41, 5.74) is 1.13. The number of benzene rings is 1. The normalized spacial score (nSPS) is 18.7. The molecule has 19 heavy (non-hydrogen) atoms. The van der Waals surface area contributed by atoms with Gasteiger partial charge in [-0.05, 0) is 42.5 Å². The number of nitrogens with one attached hydrogen (secondary N) is 1. The lowest BCUT2D eigenvalue weighted by Gasteiger charge is -2.11. The maximum atomic E-state index is 6.07. The molecule has 1 aliphatic rings. The molecule has 1 N–H and O–H groups in total. The fourth-order valence-electron chi connectivity index (χ4n) is 2.20. The van der Waals surface area contributed by atoms with E-state index in [1.165, 1.54) is 6.42 Å².